The molecule has 0 N–H and O–H groups in total. The molecule has 4 nitrogen and oxygen atoms in total. The summed E-state index contributed by atoms with van der Waals surface area (Å²) in [5, 5.41) is 0.756. The molecule has 1 amide bonds. The number of nitrogens with zero attached hydrogens (tertiary/aromatic N) is 3. The first kappa shape index (κ1) is 12.0. The summed E-state index contributed by atoms with van der Waals surface area (Å²) in [6, 6.07) is 0.362. The normalized spacial score (nSPS) is 20.3. The van der Waals surface area contributed by atoms with Crippen LogP contribution in [0.5, 0.6) is 0 Å². The number of fused-ring (bicyclic) bond motifs is 1. The summed E-state index contributed by atoms with van der Waals surface area (Å²) in [7, 11) is 0. The maximum absolute atomic E-state index is 12.2. The van der Waals surface area contributed by atoms with Crippen LogP contribution in [0.3, 0.4) is 0 Å². The van der Waals surface area contributed by atoms with Crippen LogP contribution in [0.15, 0.2) is 11.4 Å². The third-order valence-corrected chi connectivity index (χ3v) is 4.36. The number of carbonyl (C=O) groups is 1. The number of aryl methyl sites for hydroxylation is 1. The van der Waals surface area contributed by atoms with Crippen molar-refractivity contribution >= 4 is 23.5 Å². The third kappa shape index (κ3) is 2.00. The number of carbonyl (C=O) groups excluding carboxylic acids is 1. The van der Waals surface area contributed by atoms with E-state index >= 15 is 0 Å². The van der Waals surface area contributed by atoms with E-state index in [1.807, 2.05) is 17.4 Å². The molecule has 3 rings (SSSR count). The van der Waals surface area contributed by atoms with Gasteiger partial charge in [-0.3, -0.25) is 9.69 Å². The summed E-state index contributed by atoms with van der Waals surface area (Å²) in [5.74, 6) is 1.11. The van der Waals surface area contributed by atoms with Crippen molar-refractivity contribution in [2.24, 2.45) is 0 Å². The van der Waals surface area contributed by atoms with Crippen LogP contribution in [0.25, 0.3) is 0 Å². The Kier molecular flexibility index (Phi) is 3.24. The molecule has 1 aliphatic carbocycles. The smallest absolute Gasteiger partial charge is 0.228 e. The highest BCUT2D eigenvalue weighted by Crippen LogP contribution is 2.33. The third-order valence-electron chi connectivity index (χ3n) is 3.80. The molecule has 1 aromatic rings. The van der Waals surface area contributed by atoms with Gasteiger partial charge in [-0.25, -0.2) is 9.97 Å². The molecule has 1 aromatic heterocycles. The van der Waals surface area contributed by atoms with E-state index < -0.39 is 0 Å². The lowest BCUT2D eigenvalue weighted by Gasteiger charge is -2.33. The van der Waals surface area contributed by atoms with Crippen molar-refractivity contribution in [1.29, 1.82) is 0 Å². The van der Waals surface area contributed by atoms with Gasteiger partial charge in [0.15, 0.2) is 5.16 Å². The van der Waals surface area contributed by atoms with Crippen LogP contribution in [-0.4, -0.2) is 28.2 Å². The van der Waals surface area contributed by atoms with Gasteiger partial charge in [0.25, 0.3) is 0 Å². The van der Waals surface area contributed by atoms with E-state index in [0.717, 1.165) is 35.8 Å². The van der Waals surface area contributed by atoms with E-state index in [1.54, 1.807) is 0 Å². The molecule has 2 aliphatic rings. The van der Waals surface area contributed by atoms with Crippen molar-refractivity contribution in [1.82, 2.24) is 9.97 Å². The first-order chi connectivity index (χ1) is 8.79. The van der Waals surface area contributed by atoms with E-state index in [0.29, 0.717) is 12.5 Å². The van der Waals surface area contributed by atoms with Gasteiger partial charge in [-0.15, -0.1) is 0 Å². The fourth-order valence-corrected chi connectivity index (χ4v) is 3.22. The van der Waals surface area contributed by atoms with Gasteiger partial charge in [0.1, 0.15) is 5.82 Å². The van der Waals surface area contributed by atoms with E-state index in [-0.39, 0.29) is 5.91 Å². The van der Waals surface area contributed by atoms with Gasteiger partial charge < -0.3 is 0 Å². The summed E-state index contributed by atoms with van der Waals surface area (Å²) in [6.07, 6.45) is 9.93. The van der Waals surface area contributed by atoms with E-state index in [9.17, 15) is 4.79 Å². The van der Waals surface area contributed by atoms with E-state index in [2.05, 4.69) is 9.97 Å². The second-order valence-corrected chi connectivity index (χ2v) is 5.68. The number of thioether (sulfide) groups is 1. The molecule has 2 heterocycles. The quantitative estimate of drug-likeness (QED) is 0.607. The molecule has 0 radical (unpaired) electrons. The van der Waals surface area contributed by atoms with Gasteiger partial charge in [-0.2, -0.15) is 0 Å². The fraction of sp³-hybridized carbons (Fsp3) is 0.615. The lowest BCUT2D eigenvalue weighted by molar-refractivity contribution is -0.119. The van der Waals surface area contributed by atoms with Crippen LogP contribution in [0.2, 0.25) is 0 Å². The summed E-state index contributed by atoms with van der Waals surface area (Å²) in [6.45, 7) is 0. The van der Waals surface area contributed by atoms with Gasteiger partial charge in [-0.1, -0.05) is 24.6 Å². The molecule has 5 heteroatoms. The zero-order chi connectivity index (χ0) is 12.5. The second-order valence-electron chi connectivity index (χ2n) is 4.91. The van der Waals surface area contributed by atoms with Gasteiger partial charge in [0.2, 0.25) is 5.91 Å². The zero-order valence-electron chi connectivity index (χ0n) is 10.6. The van der Waals surface area contributed by atoms with Crippen LogP contribution in [0.4, 0.5) is 5.82 Å². The highest BCUT2D eigenvalue weighted by molar-refractivity contribution is 7.98. The molecule has 1 fully saturated rings. The molecule has 0 atom stereocenters. The minimum atomic E-state index is 0.236. The Morgan fingerprint density at radius 3 is 2.83 bits per heavy atom. The number of aromatic nitrogens is 2. The lowest BCUT2D eigenvalue weighted by Crippen LogP contribution is -2.42. The molecule has 18 heavy (non-hydrogen) atoms. The lowest BCUT2D eigenvalue weighted by atomic mass is 10.0. The average molecular weight is 263 g/mol. The molecule has 0 aromatic carbocycles. The number of rotatable bonds is 2. The summed E-state index contributed by atoms with van der Waals surface area (Å²) in [4.78, 5) is 23.0. The van der Waals surface area contributed by atoms with Crippen molar-refractivity contribution in [3.63, 3.8) is 0 Å². The highest BCUT2D eigenvalue weighted by atomic mass is 32.2. The fourth-order valence-electron chi connectivity index (χ4n) is 2.88. The SMILES string of the molecule is CSc1ncc2c(n1)N(C1CCCC1)C(=O)CC2. The molecule has 1 saturated carbocycles. The van der Waals surface area contributed by atoms with Crippen molar-refractivity contribution in [3.05, 3.63) is 11.8 Å². The predicted octanol–water partition coefficient (Wildman–Crippen LogP) is 2.42. The standard InChI is InChI=1S/C13H17N3OS/c1-18-13-14-8-9-6-7-11(17)16(12(9)15-13)10-4-2-3-5-10/h8,10H,2-7H2,1H3. The summed E-state index contributed by atoms with van der Waals surface area (Å²) in [5.41, 5.74) is 1.12. The van der Waals surface area contributed by atoms with E-state index in [1.165, 1.54) is 24.6 Å². The Morgan fingerprint density at radius 2 is 2.11 bits per heavy atom. The zero-order valence-corrected chi connectivity index (χ0v) is 11.4. The Bertz CT molecular complexity index is 471. The van der Waals surface area contributed by atoms with Gasteiger partial charge in [0.05, 0.1) is 0 Å². The minimum Gasteiger partial charge on any atom is -0.293 e. The number of hydrogen-bond donors (Lipinski definition) is 0. The Morgan fingerprint density at radius 1 is 1.33 bits per heavy atom. The van der Waals surface area contributed by atoms with Gasteiger partial charge in [0, 0.05) is 24.2 Å². The Labute approximate surface area is 111 Å². The molecular weight excluding hydrogens is 246 g/mol. The Balaban J connectivity index is 2.00. The topological polar surface area (TPSA) is 46.1 Å². The molecule has 0 bridgehead atoms. The van der Waals surface area contributed by atoms with E-state index in [4.69, 9.17) is 0 Å². The van der Waals surface area contributed by atoms with Crippen LogP contribution >= 0.6 is 11.8 Å². The largest absolute Gasteiger partial charge is 0.293 e. The number of amides is 1. The molecule has 0 unspecified atom stereocenters. The summed E-state index contributed by atoms with van der Waals surface area (Å²) < 4.78 is 0. The number of hydrogen-bond acceptors (Lipinski definition) is 4. The molecular formula is C13H17N3OS. The number of anilines is 1. The van der Waals surface area contributed by atoms with Crippen LogP contribution < -0.4 is 4.90 Å². The molecule has 96 valence electrons. The average Bonchev–Trinajstić information content (AvgIpc) is 2.91. The molecule has 0 spiro atoms. The van der Waals surface area contributed by atoms with Crippen LogP contribution in [0, 0.1) is 0 Å². The van der Waals surface area contributed by atoms with Crippen molar-refractivity contribution in [2.75, 3.05) is 11.2 Å². The van der Waals surface area contributed by atoms with Gasteiger partial charge >= 0.3 is 0 Å². The minimum absolute atomic E-state index is 0.236. The second kappa shape index (κ2) is 4.88. The maximum atomic E-state index is 12.2. The predicted molar refractivity (Wildman–Crippen MR) is 71.9 cm³/mol. The van der Waals surface area contributed by atoms with Crippen molar-refractivity contribution < 1.29 is 4.79 Å². The van der Waals surface area contributed by atoms with Crippen LogP contribution in [0.1, 0.15) is 37.7 Å². The van der Waals surface area contributed by atoms with Crippen molar-refractivity contribution in [3.8, 4) is 0 Å². The highest BCUT2D eigenvalue weighted by Gasteiger charge is 2.33. The van der Waals surface area contributed by atoms with Crippen LogP contribution in [-0.2, 0) is 11.2 Å². The van der Waals surface area contributed by atoms with Crippen molar-refractivity contribution in [2.45, 2.75) is 49.7 Å². The molecule has 1 aliphatic heterocycles. The van der Waals surface area contributed by atoms with Gasteiger partial charge in [-0.05, 0) is 25.5 Å². The first-order valence-electron chi connectivity index (χ1n) is 6.51. The summed E-state index contributed by atoms with van der Waals surface area (Å²) >= 11 is 1.53. The molecule has 0 saturated heterocycles. The first-order valence-corrected chi connectivity index (χ1v) is 7.74. The monoisotopic (exact) mass is 263 g/mol. The Hall–Kier alpha value is -1.10. The maximum Gasteiger partial charge on any atom is 0.228 e.